The van der Waals surface area contributed by atoms with Crippen LogP contribution in [0.25, 0.3) is 0 Å². The van der Waals surface area contributed by atoms with Crippen molar-refractivity contribution < 1.29 is 0 Å². The summed E-state index contributed by atoms with van der Waals surface area (Å²) in [4.78, 5) is 3.90. The summed E-state index contributed by atoms with van der Waals surface area (Å²) < 4.78 is 0.877. The van der Waals surface area contributed by atoms with Gasteiger partial charge in [-0.1, -0.05) is 11.6 Å². The SMILES string of the molecule is CC1(C)CCCN1CCNCc1ccc(Cl)s1. The van der Waals surface area contributed by atoms with Gasteiger partial charge in [0.25, 0.3) is 0 Å². The number of likely N-dealkylation sites (tertiary alicyclic amines) is 1. The van der Waals surface area contributed by atoms with E-state index in [-0.39, 0.29) is 0 Å². The van der Waals surface area contributed by atoms with Crippen molar-refractivity contribution in [3.63, 3.8) is 0 Å². The Kier molecular flexibility index (Phi) is 4.47. The van der Waals surface area contributed by atoms with Gasteiger partial charge in [-0.15, -0.1) is 11.3 Å². The van der Waals surface area contributed by atoms with Crippen molar-refractivity contribution in [2.24, 2.45) is 0 Å². The van der Waals surface area contributed by atoms with Crippen molar-refractivity contribution in [2.45, 2.75) is 38.8 Å². The molecule has 4 heteroatoms. The molecule has 1 saturated heterocycles. The maximum atomic E-state index is 5.90. The van der Waals surface area contributed by atoms with Gasteiger partial charge in [-0.3, -0.25) is 4.90 Å². The predicted octanol–water partition coefficient (Wildman–Crippen LogP) is 3.37. The highest BCUT2D eigenvalue weighted by Gasteiger charge is 2.30. The van der Waals surface area contributed by atoms with Crippen molar-refractivity contribution in [3.8, 4) is 0 Å². The smallest absolute Gasteiger partial charge is 0.0931 e. The average Bonchev–Trinajstić information content (AvgIpc) is 2.80. The van der Waals surface area contributed by atoms with E-state index in [0.717, 1.165) is 24.0 Å². The van der Waals surface area contributed by atoms with Crippen molar-refractivity contribution in [1.82, 2.24) is 10.2 Å². The summed E-state index contributed by atoms with van der Waals surface area (Å²) in [6, 6.07) is 4.06. The molecule has 0 amide bonds. The zero-order valence-electron chi connectivity index (χ0n) is 10.6. The maximum Gasteiger partial charge on any atom is 0.0931 e. The molecule has 1 aromatic heterocycles. The molecule has 0 bridgehead atoms. The first-order valence-corrected chi connectivity index (χ1v) is 7.47. The number of rotatable bonds is 5. The summed E-state index contributed by atoms with van der Waals surface area (Å²) in [5.41, 5.74) is 0.397. The Hall–Kier alpha value is -0.0900. The number of nitrogens with one attached hydrogen (secondary N) is 1. The fraction of sp³-hybridized carbons (Fsp3) is 0.692. The summed E-state index contributed by atoms with van der Waals surface area (Å²) in [6.45, 7) is 9.08. The van der Waals surface area contributed by atoms with Crippen molar-refractivity contribution in [3.05, 3.63) is 21.3 Å². The molecule has 0 spiro atoms. The third-order valence-electron chi connectivity index (χ3n) is 3.56. The van der Waals surface area contributed by atoms with Crippen LogP contribution in [0.4, 0.5) is 0 Å². The van der Waals surface area contributed by atoms with Crippen molar-refractivity contribution in [1.29, 1.82) is 0 Å². The van der Waals surface area contributed by atoms with Gasteiger partial charge in [0.15, 0.2) is 0 Å². The molecule has 1 aromatic rings. The molecule has 96 valence electrons. The van der Waals surface area contributed by atoms with Crippen molar-refractivity contribution in [2.75, 3.05) is 19.6 Å². The quantitative estimate of drug-likeness (QED) is 0.827. The Morgan fingerprint density at radius 3 is 2.88 bits per heavy atom. The lowest BCUT2D eigenvalue weighted by molar-refractivity contribution is 0.176. The second-order valence-electron chi connectivity index (χ2n) is 5.29. The predicted molar refractivity (Wildman–Crippen MR) is 75.9 cm³/mol. The van der Waals surface area contributed by atoms with Crippen LogP contribution in [0.2, 0.25) is 4.34 Å². The van der Waals surface area contributed by atoms with Crippen LogP contribution in [0.3, 0.4) is 0 Å². The highest BCUT2D eigenvalue weighted by molar-refractivity contribution is 7.16. The average molecular weight is 273 g/mol. The third kappa shape index (κ3) is 3.68. The van der Waals surface area contributed by atoms with E-state index in [1.54, 1.807) is 11.3 Å². The molecule has 2 rings (SSSR count). The fourth-order valence-corrected chi connectivity index (χ4v) is 3.51. The summed E-state index contributed by atoms with van der Waals surface area (Å²) in [6.07, 6.45) is 2.67. The van der Waals surface area contributed by atoms with Crippen molar-refractivity contribution >= 4 is 22.9 Å². The highest BCUT2D eigenvalue weighted by atomic mass is 35.5. The molecule has 1 aliphatic heterocycles. The monoisotopic (exact) mass is 272 g/mol. The number of hydrogen-bond donors (Lipinski definition) is 1. The standard InChI is InChI=1S/C13H21ClN2S/c1-13(2)6-3-8-16(13)9-7-15-10-11-4-5-12(14)17-11/h4-5,15H,3,6-10H2,1-2H3. The van der Waals surface area contributed by atoms with Crippen LogP contribution in [0.15, 0.2) is 12.1 Å². The lowest BCUT2D eigenvalue weighted by atomic mass is 10.0. The van der Waals surface area contributed by atoms with E-state index < -0.39 is 0 Å². The van der Waals surface area contributed by atoms with Gasteiger partial charge in [-0.05, 0) is 45.4 Å². The van der Waals surface area contributed by atoms with E-state index in [0.29, 0.717) is 5.54 Å². The zero-order valence-corrected chi connectivity index (χ0v) is 12.2. The molecule has 1 fully saturated rings. The van der Waals surface area contributed by atoms with Gasteiger partial charge in [0.05, 0.1) is 4.34 Å². The lowest BCUT2D eigenvalue weighted by Gasteiger charge is -2.31. The summed E-state index contributed by atoms with van der Waals surface area (Å²) in [5, 5.41) is 3.49. The molecule has 0 atom stereocenters. The first-order chi connectivity index (χ1) is 8.08. The van der Waals surface area contributed by atoms with Gasteiger partial charge < -0.3 is 5.32 Å². The van der Waals surface area contributed by atoms with Gasteiger partial charge in [-0.25, -0.2) is 0 Å². The normalized spacial score (nSPS) is 19.9. The van der Waals surface area contributed by atoms with E-state index >= 15 is 0 Å². The fourth-order valence-electron chi connectivity index (χ4n) is 2.45. The molecule has 1 N–H and O–H groups in total. The van der Waals surface area contributed by atoms with Crippen LogP contribution in [0.5, 0.6) is 0 Å². The Bertz CT molecular complexity index is 362. The molecule has 2 nitrogen and oxygen atoms in total. The van der Waals surface area contributed by atoms with E-state index in [1.165, 1.54) is 24.3 Å². The van der Waals surface area contributed by atoms with E-state index in [9.17, 15) is 0 Å². The third-order valence-corrected chi connectivity index (χ3v) is 4.79. The van der Waals surface area contributed by atoms with Crippen LogP contribution in [0, 0.1) is 0 Å². The van der Waals surface area contributed by atoms with Gasteiger partial charge in [-0.2, -0.15) is 0 Å². The maximum absolute atomic E-state index is 5.90. The van der Waals surface area contributed by atoms with Crippen LogP contribution < -0.4 is 5.32 Å². The Balaban J connectivity index is 1.66. The minimum atomic E-state index is 0.397. The molecule has 0 aliphatic carbocycles. The summed E-state index contributed by atoms with van der Waals surface area (Å²) >= 11 is 7.56. The molecule has 0 unspecified atom stereocenters. The van der Waals surface area contributed by atoms with Gasteiger partial charge in [0, 0.05) is 30.1 Å². The number of nitrogens with zero attached hydrogens (tertiary/aromatic N) is 1. The van der Waals surface area contributed by atoms with Crippen LogP contribution in [-0.4, -0.2) is 30.1 Å². The topological polar surface area (TPSA) is 15.3 Å². The Morgan fingerprint density at radius 1 is 1.47 bits per heavy atom. The van der Waals surface area contributed by atoms with Gasteiger partial charge >= 0.3 is 0 Å². The molecular weight excluding hydrogens is 252 g/mol. The van der Waals surface area contributed by atoms with Gasteiger partial charge in [0.2, 0.25) is 0 Å². The summed E-state index contributed by atoms with van der Waals surface area (Å²) in [7, 11) is 0. The molecule has 0 saturated carbocycles. The molecule has 0 radical (unpaired) electrons. The summed E-state index contributed by atoms with van der Waals surface area (Å²) in [5.74, 6) is 0. The second-order valence-corrected chi connectivity index (χ2v) is 7.09. The van der Waals surface area contributed by atoms with E-state index in [4.69, 9.17) is 11.6 Å². The largest absolute Gasteiger partial charge is 0.311 e. The second kappa shape index (κ2) is 5.70. The molecule has 17 heavy (non-hydrogen) atoms. The van der Waals surface area contributed by atoms with E-state index in [1.807, 2.05) is 6.07 Å². The number of thiophene rings is 1. The molecule has 1 aliphatic rings. The van der Waals surface area contributed by atoms with Crippen LogP contribution in [-0.2, 0) is 6.54 Å². The number of hydrogen-bond acceptors (Lipinski definition) is 3. The minimum Gasteiger partial charge on any atom is -0.311 e. The highest BCUT2D eigenvalue weighted by Crippen LogP contribution is 2.27. The zero-order chi connectivity index (χ0) is 12.3. The number of halogens is 1. The minimum absolute atomic E-state index is 0.397. The first kappa shape index (κ1) is 13.3. The molecular formula is C13H21ClN2S. The molecule has 2 heterocycles. The van der Waals surface area contributed by atoms with Crippen LogP contribution >= 0.6 is 22.9 Å². The Morgan fingerprint density at radius 2 is 2.29 bits per heavy atom. The lowest BCUT2D eigenvalue weighted by Crippen LogP contribution is -2.41. The Labute approximate surface area is 113 Å². The molecule has 0 aromatic carbocycles. The first-order valence-electron chi connectivity index (χ1n) is 6.28. The van der Waals surface area contributed by atoms with E-state index in [2.05, 4.69) is 30.1 Å². The van der Waals surface area contributed by atoms with Crippen LogP contribution in [0.1, 0.15) is 31.6 Å². The van der Waals surface area contributed by atoms with Gasteiger partial charge in [0.1, 0.15) is 0 Å².